The molecule has 1 aliphatic carbocycles. The fourth-order valence-corrected chi connectivity index (χ4v) is 3.88. The lowest BCUT2D eigenvalue weighted by Gasteiger charge is -2.30. The lowest BCUT2D eigenvalue weighted by Crippen LogP contribution is -2.37. The summed E-state index contributed by atoms with van der Waals surface area (Å²) < 4.78 is 5.89. The van der Waals surface area contributed by atoms with Crippen LogP contribution >= 0.6 is 0 Å². The Labute approximate surface area is 119 Å². The molecule has 1 saturated heterocycles. The van der Waals surface area contributed by atoms with Gasteiger partial charge in [0.2, 0.25) is 0 Å². The fraction of sp³-hybridized carbons (Fsp3) is 1.00. The van der Waals surface area contributed by atoms with Crippen LogP contribution in [0.15, 0.2) is 0 Å². The van der Waals surface area contributed by atoms with Gasteiger partial charge in [-0.05, 0) is 57.4 Å². The van der Waals surface area contributed by atoms with Crippen molar-refractivity contribution in [1.29, 1.82) is 0 Å². The molecule has 0 aromatic heterocycles. The van der Waals surface area contributed by atoms with Crippen LogP contribution in [-0.4, -0.2) is 25.3 Å². The molecule has 1 heterocycles. The van der Waals surface area contributed by atoms with E-state index in [0.717, 1.165) is 25.1 Å². The molecule has 1 aliphatic heterocycles. The van der Waals surface area contributed by atoms with Gasteiger partial charge in [-0.3, -0.25) is 0 Å². The SMILES string of the molecule is CCNC(CCC1CCCCO1)C1CCCCCC1. The second-order valence-corrected chi connectivity index (χ2v) is 6.48. The molecule has 0 amide bonds. The Balaban J connectivity index is 1.76. The topological polar surface area (TPSA) is 21.3 Å². The molecular formula is C17H33NO. The molecule has 0 radical (unpaired) electrons. The summed E-state index contributed by atoms with van der Waals surface area (Å²) in [6.07, 6.45) is 15.8. The zero-order valence-corrected chi connectivity index (χ0v) is 12.8. The van der Waals surface area contributed by atoms with Crippen molar-refractivity contribution in [1.82, 2.24) is 5.32 Å². The van der Waals surface area contributed by atoms with Crippen LogP contribution in [-0.2, 0) is 4.74 Å². The van der Waals surface area contributed by atoms with E-state index in [2.05, 4.69) is 12.2 Å². The molecule has 2 fully saturated rings. The molecule has 2 unspecified atom stereocenters. The van der Waals surface area contributed by atoms with Crippen LogP contribution in [0.25, 0.3) is 0 Å². The first-order chi connectivity index (χ1) is 9.40. The average Bonchev–Trinajstić information content (AvgIpc) is 2.73. The van der Waals surface area contributed by atoms with Gasteiger partial charge >= 0.3 is 0 Å². The number of rotatable bonds is 6. The van der Waals surface area contributed by atoms with Crippen molar-refractivity contribution in [2.24, 2.45) is 5.92 Å². The van der Waals surface area contributed by atoms with Crippen molar-refractivity contribution < 1.29 is 4.74 Å². The predicted octanol–water partition coefficient (Wildman–Crippen LogP) is 4.28. The predicted molar refractivity (Wildman–Crippen MR) is 81.5 cm³/mol. The third kappa shape index (κ3) is 5.43. The van der Waals surface area contributed by atoms with E-state index >= 15 is 0 Å². The highest BCUT2D eigenvalue weighted by atomic mass is 16.5. The van der Waals surface area contributed by atoms with E-state index in [1.165, 1.54) is 70.6 Å². The van der Waals surface area contributed by atoms with Gasteiger partial charge in [0.15, 0.2) is 0 Å². The van der Waals surface area contributed by atoms with Crippen LogP contribution in [0, 0.1) is 5.92 Å². The van der Waals surface area contributed by atoms with Gasteiger partial charge in [-0.1, -0.05) is 32.6 Å². The molecule has 0 bridgehead atoms. The maximum atomic E-state index is 5.89. The smallest absolute Gasteiger partial charge is 0.0575 e. The Kier molecular flexibility index (Phi) is 7.23. The second kappa shape index (κ2) is 8.97. The lowest BCUT2D eigenvalue weighted by molar-refractivity contribution is 0.00733. The maximum absolute atomic E-state index is 5.89. The summed E-state index contributed by atoms with van der Waals surface area (Å²) in [7, 11) is 0. The highest BCUT2D eigenvalue weighted by Gasteiger charge is 2.23. The number of hydrogen-bond acceptors (Lipinski definition) is 2. The molecule has 0 aromatic rings. The van der Waals surface area contributed by atoms with Crippen molar-refractivity contribution in [3.05, 3.63) is 0 Å². The van der Waals surface area contributed by atoms with Crippen LogP contribution in [0.2, 0.25) is 0 Å². The van der Waals surface area contributed by atoms with Crippen LogP contribution in [0.1, 0.15) is 77.6 Å². The summed E-state index contributed by atoms with van der Waals surface area (Å²) in [5.74, 6) is 0.922. The summed E-state index contributed by atoms with van der Waals surface area (Å²) >= 11 is 0. The first kappa shape index (κ1) is 15.3. The standard InChI is InChI=1S/C17H33NO/c1-2-18-17(15-9-5-3-4-6-10-15)13-12-16-11-7-8-14-19-16/h15-18H,2-14H2,1H3. The van der Waals surface area contributed by atoms with E-state index in [0.29, 0.717) is 6.10 Å². The minimum Gasteiger partial charge on any atom is -0.378 e. The van der Waals surface area contributed by atoms with Crippen LogP contribution in [0.4, 0.5) is 0 Å². The summed E-state index contributed by atoms with van der Waals surface area (Å²) in [5.41, 5.74) is 0. The van der Waals surface area contributed by atoms with E-state index in [4.69, 9.17) is 4.74 Å². The molecular weight excluding hydrogens is 234 g/mol. The van der Waals surface area contributed by atoms with E-state index in [1.54, 1.807) is 0 Å². The Morgan fingerprint density at radius 2 is 1.74 bits per heavy atom. The molecule has 2 rings (SSSR count). The molecule has 1 saturated carbocycles. The summed E-state index contributed by atoms with van der Waals surface area (Å²) in [6.45, 7) is 4.37. The quantitative estimate of drug-likeness (QED) is 0.725. The largest absolute Gasteiger partial charge is 0.378 e. The molecule has 19 heavy (non-hydrogen) atoms. The third-order valence-corrected chi connectivity index (χ3v) is 5.01. The average molecular weight is 267 g/mol. The summed E-state index contributed by atoms with van der Waals surface area (Å²) in [5, 5.41) is 3.76. The van der Waals surface area contributed by atoms with Gasteiger partial charge in [-0.15, -0.1) is 0 Å². The van der Waals surface area contributed by atoms with Gasteiger partial charge in [0.05, 0.1) is 6.10 Å². The highest BCUT2D eigenvalue weighted by Crippen LogP contribution is 2.28. The van der Waals surface area contributed by atoms with Crippen molar-refractivity contribution in [3.8, 4) is 0 Å². The first-order valence-electron chi connectivity index (χ1n) is 8.75. The summed E-state index contributed by atoms with van der Waals surface area (Å²) in [4.78, 5) is 0. The maximum Gasteiger partial charge on any atom is 0.0575 e. The molecule has 1 N–H and O–H groups in total. The molecule has 0 spiro atoms. The number of hydrogen-bond donors (Lipinski definition) is 1. The molecule has 0 aromatic carbocycles. The van der Waals surface area contributed by atoms with Crippen molar-refractivity contribution in [3.63, 3.8) is 0 Å². The molecule has 112 valence electrons. The van der Waals surface area contributed by atoms with Crippen LogP contribution in [0.3, 0.4) is 0 Å². The zero-order valence-electron chi connectivity index (χ0n) is 12.8. The monoisotopic (exact) mass is 267 g/mol. The molecule has 2 nitrogen and oxygen atoms in total. The van der Waals surface area contributed by atoms with Gasteiger partial charge in [0, 0.05) is 12.6 Å². The lowest BCUT2D eigenvalue weighted by atomic mass is 9.87. The number of ether oxygens (including phenoxy) is 1. The van der Waals surface area contributed by atoms with Crippen molar-refractivity contribution >= 4 is 0 Å². The highest BCUT2D eigenvalue weighted by molar-refractivity contribution is 4.80. The third-order valence-electron chi connectivity index (χ3n) is 5.01. The van der Waals surface area contributed by atoms with Gasteiger partial charge in [-0.2, -0.15) is 0 Å². The van der Waals surface area contributed by atoms with E-state index in [1.807, 2.05) is 0 Å². The molecule has 2 heteroatoms. The Hall–Kier alpha value is -0.0800. The van der Waals surface area contributed by atoms with Crippen LogP contribution < -0.4 is 5.32 Å². The van der Waals surface area contributed by atoms with Crippen molar-refractivity contribution in [2.75, 3.05) is 13.2 Å². The van der Waals surface area contributed by atoms with Gasteiger partial charge in [-0.25, -0.2) is 0 Å². The van der Waals surface area contributed by atoms with Gasteiger partial charge in [0.25, 0.3) is 0 Å². The van der Waals surface area contributed by atoms with E-state index < -0.39 is 0 Å². The molecule has 2 atom stereocenters. The summed E-state index contributed by atoms with van der Waals surface area (Å²) in [6, 6.07) is 0.744. The Morgan fingerprint density at radius 3 is 2.37 bits per heavy atom. The van der Waals surface area contributed by atoms with Gasteiger partial charge < -0.3 is 10.1 Å². The normalized spacial score (nSPS) is 27.9. The second-order valence-electron chi connectivity index (χ2n) is 6.48. The van der Waals surface area contributed by atoms with E-state index in [-0.39, 0.29) is 0 Å². The van der Waals surface area contributed by atoms with Crippen LogP contribution in [0.5, 0.6) is 0 Å². The number of nitrogens with one attached hydrogen (secondary N) is 1. The van der Waals surface area contributed by atoms with E-state index in [9.17, 15) is 0 Å². The zero-order chi connectivity index (χ0) is 13.3. The molecule has 2 aliphatic rings. The Bertz CT molecular complexity index is 217. The first-order valence-corrected chi connectivity index (χ1v) is 8.75. The Morgan fingerprint density at radius 1 is 1.00 bits per heavy atom. The van der Waals surface area contributed by atoms with Gasteiger partial charge in [0.1, 0.15) is 0 Å². The van der Waals surface area contributed by atoms with Crippen molar-refractivity contribution in [2.45, 2.75) is 89.7 Å². The minimum atomic E-state index is 0.556. The fourth-order valence-electron chi connectivity index (χ4n) is 3.88. The minimum absolute atomic E-state index is 0.556.